The van der Waals surface area contributed by atoms with Gasteiger partial charge in [-0.15, -0.1) is 0 Å². The van der Waals surface area contributed by atoms with Gasteiger partial charge in [0, 0.05) is 5.57 Å². The number of hydrogen-bond donors (Lipinski definition) is 1. The molecule has 1 unspecified atom stereocenters. The van der Waals surface area contributed by atoms with Gasteiger partial charge in [0.05, 0.1) is 0 Å². The molecule has 0 saturated carbocycles. The number of thioether (sulfide) groups is 1. The van der Waals surface area contributed by atoms with Crippen LogP contribution in [0.15, 0.2) is 11.3 Å². The zero-order valence-electron chi connectivity index (χ0n) is 6.92. The van der Waals surface area contributed by atoms with Gasteiger partial charge in [-0.05, 0) is 13.8 Å². The Morgan fingerprint density at radius 2 is 2.33 bits per heavy atom. The molecule has 0 amide bonds. The molecule has 1 heterocycles. The van der Waals surface area contributed by atoms with E-state index in [4.69, 9.17) is 6.57 Å². The van der Waals surface area contributed by atoms with Gasteiger partial charge in [-0.2, -0.15) is 0 Å². The van der Waals surface area contributed by atoms with E-state index in [2.05, 4.69) is 4.85 Å². The Labute approximate surface area is 75.3 Å². The molecule has 1 atom stereocenters. The van der Waals surface area contributed by atoms with Crippen LogP contribution in [0.25, 0.3) is 4.85 Å². The van der Waals surface area contributed by atoms with Crippen molar-refractivity contribution in [1.82, 2.24) is 0 Å². The van der Waals surface area contributed by atoms with E-state index in [0.717, 1.165) is 11.8 Å². The van der Waals surface area contributed by atoms with Crippen molar-refractivity contribution in [1.29, 1.82) is 0 Å². The van der Waals surface area contributed by atoms with Crippen molar-refractivity contribution in [3.8, 4) is 0 Å². The highest BCUT2D eigenvalue weighted by Crippen LogP contribution is 2.42. The van der Waals surface area contributed by atoms with Gasteiger partial charge < -0.3 is 9.95 Å². The molecule has 1 rings (SSSR count). The van der Waals surface area contributed by atoms with Crippen LogP contribution < -0.4 is 0 Å². The normalized spacial score (nSPS) is 29.2. The van der Waals surface area contributed by atoms with Crippen molar-refractivity contribution >= 4 is 16.9 Å². The lowest BCUT2D eigenvalue weighted by Gasteiger charge is -2.14. The summed E-state index contributed by atoms with van der Waals surface area (Å²) in [6.07, 6.45) is 0. The maximum absolute atomic E-state index is 11.1. The van der Waals surface area contributed by atoms with E-state index in [9.17, 15) is 9.90 Å². The molecular formula is C8H9NO2S. The minimum Gasteiger partial charge on any atom is -0.510 e. The van der Waals surface area contributed by atoms with Crippen molar-refractivity contribution in [2.45, 2.75) is 18.6 Å². The predicted molar refractivity (Wildman–Crippen MR) is 47.8 cm³/mol. The first-order valence-corrected chi connectivity index (χ1v) is 4.30. The van der Waals surface area contributed by atoms with E-state index in [1.54, 1.807) is 13.8 Å². The molecule has 0 fully saturated rings. The van der Waals surface area contributed by atoms with Gasteiger partial charge in [0.15, 0.2) is 0 Å². The van der Waals surface area contributed by atoms with E-state index >= 15 is 0 Å². The van der Waals surface area contributed by atoms with Gasteiger partial charge in [-0.3, -0.25) is 4.79 Å². The monoisotopic (exact) mass is 183 g/mol. The molecule has 3 nitrogen and oxygen atoms in total. The third-order valence-corrected chi connectivity index (χ3v) is 3.13. The fourth-order valence-corrected chi connectivity index (χ4v) is 2.12. The average Bonchev–Trinajstić information content (AvgIpc) is 2.17. The summed E-state index contributed by atoms with van der Waals surface area (Å²) in [6, 6.07) is 0. The summed E-state index contributed by atoms with van der Waals surface area (Å²) >= 11 is 1.03. The summed E-state index contributed by atoms with van der Waals surface area (Å²) in [6.45, 7) is 10.1. The molecule has 0 bridgehead atoms. The largest absolute Gasteiger partial charge is 0.510 e. The number of rotatable bonds is 1. The van der Waals surface area contributed by atoms with E-state index in [0.29, 0.717) is 5.57 Å². The van der Waals surface area contributed by atoms with Crippen molar-refractivity contribution in [2.75, 3.05) is 6.54 Å². The summed E-state index contributed by atoms with van der Waals surface area (Å²) in [5, 5.41) is 9.39. The van der Waals surface area contributed by atoms with Gasteiger partial charge in [-0.1, -0.05) is 11.8 Å². The van der Waals surface area contributed by atoms with Crippen LogP contribution in [-0.4, -0.2) is 21.5 Å². The molecule has 1 aliphatic rings. The van der Waals surface area contributed by atoms with Crippen molar-refractivity contribution in [3.63, 3.8) is 0 Å². The van der Waals surface area contributed by atoms with Gasteiger partial charge in [0.25, 0.3) is 0 Å². The van der Waals surface area contributed by atoms with E-state index in [1.807, 2.05) is 0 Å². The number of carbonyl (C=O) groups is 1. The first kappa shape index (κ1) is 9.14. The van der Waals surface area contributed by atoms with Crippen molar-refractivity contribution in [3.05, 3.63) is 22.7 Å². The summed E-state index contributed by atoms with van der Waals surface area (Å²) in [5.74, 6) is 0.0634. The van der Waals surface area contributed by atoms with Crippen LogP contribution in [0.3, 0.4) is 0 Å². The average molecular weight is 183 g/mol. The van der Waals surface area contributed by atoms with Gasteiger partial charge in [0.2, 0.25) is 11.7 Å². The lowest BCUT2D eigenvalue weighted by Crippen LogP contribution is -2.23. The van der Waals surface area contributed by atoms with Gasteiger partial charge >= 0.3 is 0 Å². The predicted octanol–water partition coefficient (Wildman–Crippen LogP) is 1.77. The molecule has 12 heavy (non-hydrogen) atoms. The molecule has 64 valence electrons. The second kappa shape index (κ2) is 2.83. The fraction of sp³-hybridized carbons (Fsp3) is 0.500. The zero-order valence-corrected chi connectivity index (χ0v) is 7.73. The van der Waals surface area contributed by atoms with E-state index < -0.39 is 4.75 Å². The SMILES string of the molecule is [C-]#[N+]CC1(C)SC(=O)C(C)=C1O. The fourth-order valence-electron chi connectivity index (χ4n) is 1.08. The number of aliphatic hydroxyl groups is 1. The Balaban J connectivity index is 3.01. The lowest BCUT2D eigenvalue weighted by molar-refractivity contribution is -0.107. The molecule has 0 saturated heterocycles. The molecular weight excluding hydrogens is 174 g/mol. The standard InChI is InChI=1S/C8H9NO2S/c1-5-6(10)8(2,4-9-3)12-7(5)11/h10H,4H2,1-2H3. The molecule has 0 aromatic carbocycles. The first-order chi connectivity index (χ1) is 5.51. The van der Waals surface area contributed by atoms with Crippen LogP contribution >= 0.6 is 11.8 Å². The third-order valence-electron chi connectivity index (χ3n) is 1.86. The maximum Gasteiger partial charge on any atom is 0.236 e. The summed E-state index contributed by atoms with van der Waals surface area (Å²) in [5.41, 5.74) is 0.381. The number of carbonyl (C=O) groups excluding carboxylic acids is 1. The number of hydrogen-bond acceptors (Lipinski definition) is 3. The van der Waals surface area contributed by atoms with Crippen molar-refractivity contribution in [2.24, 2.45) is 0 Å². The highest BCUT2D eigenvalue weighted by Gasteiger charge is 2.44. The van der Waals surface area contributed by atoms with E-state index in [1.165, 1.54) is 0 Å². The third kappa shape index (κ3) is 1.21. The van der Waals surface area contributed by atoms with Crippen LogP contribution in [0, 0.1) is 6.57 Å². The highest BCUT2D eigenvalue weighted by molar-refractivity contribution is 8.15. The van der Waals surface area contributed by atoms with Crippen LogP contribution in [0.2, 0.25) is 0 Å². The van der Waals surface area contributed by atoms with Crippen molar-refractivity contribution < 1.29 is 9.90 Å². The van der Waals surface area contributed by atoms with Crippen LogP contribution in [0.5, 0.6) is 0 Å². The van der Waals surface area contributed by atoms with Gasteiger partial charge in [0.1, 0.15) is 10.5 Å². The minimum absolute atomic E-state index is 0.0634. The molecule has 4 heteroatoms. The minimum atomic E-state index is -0.705. The molecule has 0 spiro atoms. The lowest BCUT2D eigenvalue weighted by atomic mass is 10.1. The molecule has 0 radical (unpaired) electrons. The Morgan fingerprint density at radius 1 is 1.75 bits per heavy atom. The molecule has 0 aromatic heterocycles. The Hall–Kier alpha value is -0.950. The smallest absolute Gasteiger partial charge is 0.236 e. The van der Waals surface area contributed by atoms with Crippen LogP contribution in [0.1, 0.15) is 13.8 Å². The zero-order chi connectivity index (χ0) is 9.35. The number of aliphatic hydroxyl groups excluding tert-OH is 1. The second-order valence-corrected chi connectivity index (χ2v) is 4.39. The summed E-state index contributed by atoms with van der Waals surface area (Å²) < 4.78 is -0.705. The summed E-state index contributed by atoms with van der Waals surface area (Å²) in [7, 11) is 0. The summed E-state index contributed by atoms with van der Waals surface area (Å²) in [4.78, 5) is 14.3. The Kier molecular flexibility index (Phi) is 2.16. The Morgan fingerprint density at radius 3 is 2.67 bits per heavy atom. The van der Waals surface area contributed by atoms with Crippen LogP contribution in [0.4, 0.5) is 0 Å². The molecule has 1 N–H and O–H groups in total. The quantitative estimate of drug-likeness (QED) is 0.630. The maximum atomic E-state index is 11.1. The molecule has 0 aliphatic carbocycles. The van der Waals surface area contributed by atoms with E-state index in [-0.39, 0.29) is 17.4 Å². The second-order valence-electron chi connectivity index (χ2n) is 2.91. The Bertz CT molecular complexity index is 303. The number of nitrogens with zero attached hydrogens (tertiary/aromatic N) is 1. The first-order valence-electron chi connectivity index (χ1n) is 3.48. The van der Waals surface area contributed by atoms with Gasteiger partial charge in [-0.25, -0.2) is 6.57 Å². The molecule has 1 aliphatic heterocycles. The van der Waals surface area contributed by atoms with Crippen LogP contribution in [-0.2, 0) is 4.79 Å². The molecule has 0 aromatic rings. The highest BCUT2D eigenvalue weighted by atomic mass is 32.2. The topological polar surface area (TPSA) is 41.7 Å².